The van der Waals surface area contributed by atoms with Crippen LogP contribution in [0.1, 0.15) is 115 Å². The summed E-state index contributed by atoms with van der Waals surface area (Å²) in [5.41, 5.74) is -4.52. The number of carbonyl (C=O) groups excluding carboxylic acids is 8. The number of amides is 8. The van der Waals surface area contributed by atoms with E-state index in [9.17, 15) is 97.8 Å². The number of aromatic nitrogens is 2. The molecule has 7 aromatic rings. The lowest BCUT2D eigenvalue weighted by Gasteiger charge is -2.48. The van der Waals surface area contributed by atoms with Gasteiger partial charge < -0.3 is 133 Å². The standard InChI is InChI=1S/C80H85Cl2F3N12O26S/c1-31(2)19-44(87-5)70(109)95-60-62(103)34-10-13-48(42(81)22-34)119-50-24-37-25-51(66(50)123-77-67(65(106)64(105)52(30-98)121-77)122-55-29-79(4,68(107)32(3)118-55)88-16-18-97-17-15-54(91-78(97)117)90-69(108)36-7-6-8-39(20-36)124-80(83,84)85)120-49-14-11-35(23-43(49)82)63(104)61-75(114)94-59(76(115)116)41-26-38(99)27-47(101)56(41)40-21-33(9-12-46(40)100)57(72(111)96-61)93-73(112)58(37)92-71(110)45(28-53(86)102)89-74(60)113/h6-15,17,20-27,31-32,44-45,52,55,57-65,67-68,77,87-88,98-101,103-107H,16,18-19,28-30H2,1-5H3,(H2,86,102)(H,89,113)(H,92,110)(H,93,112)(H,94,114)(H,95,109)(H,96,111)(H,115,116)(H,90,91,108,117)/t32-,44+,45+,52+,55+,57+,58?,59-,60-,61-,62-,63-,64-,65-,67-,68+,77?,79?/m1/s1. The summed E-state index contributed by atoms with van der Waals surface area (Å²) in [7, 11) is 1.45. The molecule has 7 aliphatic rings. The highest BCUT2D eigenvalue weighted by Crippen LogP contribution is 2.50. The van der Waals surface area contributed by atoms with Crippen LogP contribution in [-0.4, -0.2) is 218 Å². The van der Waals surface area contributed by atoms with Crippen molar-refractivity contribution < 1.29 is 136 Å². The van der Waals surface area contributed by atoms with E-state index < -0.39 is 282 Å². The number of rotatable bonds is 20. The number of hydrogen-bond acceptors (Lipinski definition) is 29. The van der Waals surface area contributed by atoms with Gasteiger partial charge in [-0.15, -0.1) is 0 Å². The lowest BCUT2D eigenvalue weighted by Crippen LogP contribution is -2.65. The molecule has 3 unspecified atom stereocenters. The maximum atomic E-state index is 16.2. The molecule has 2 fully saturated rings. The number of carbonyl (C=O) groups is 9. The van der Waals surface area contributed by atoms with Crippen LogP contribution < -0.4 is 73.5 Å². The second kappa shape index (κ2) is 37.9. The molecular formula is C80H85Cl2F3N12O26S. The molecule has 7 aliphatic heterocycles. The molecule has 11 bridgehead atoms. The van der Waals surface area contributed by atoms with Crippen LogP contribution in [0.2, 0.25) is 10.0 Å². The molecule has 38 nitrogen and oxygen atoms in total. The Morgan fingerprint density at radius 1 is 0.742 bits per heavy atom. The first kappa shape index (κ1) is 91.7. The Bertz CT molecular complexity index is 5370. The summed E-state index contributed by atoms with van der Waals surface area (Å²) in [6.07, 6.45) is -18.7. The highest BCUT2D eigenvalue weighted by Gasteiger charge is 2.52. The molecule has 124 heavy (non-hydrogen) atoms. The molecule has 0 radical (unpaired) electrons. The number of primary amides is 1. The SMILES string of the molecule is CN[C@@H](CC(C)C)C(=O)N[C@H]1C(=O)N[C@@H](CC(N)=O)C(=O)NC2C(=O)N[C@@H]3C(=O)N[C@@H](C(=O)N[C@@H](C(=O)O)c4cc(O)cc(O)c4-c4cc3ccc4O)[C@H](O)c3ccc(c(Cl)c3)Oc3cc2cc(c3OC2O[C@@H](CO)[C@@H](O)[C@@H](O)[C@H]2O[C@H]2CC(C)(NCCn3ccc(NC(=O)c4cccc(SC(F)(F)F)c4)nc3=O)[C@@H](O)[C@@H](C)O2)Oc2ccc(cc2Cl)[C@H]1O. The fraction of sp³-hybridized carbons (Fsp3) is 0.388. The number of benzene rings is 6. The van der Waals surface area contributed by atoms with E-state index in [0.29, 0.717) is 0 Å². The van der Waals surface area contributed by atoms with Gasteiger partial charge in [0.25, 0.3) is 5.91 Å². The Labute approximate surface area is 715 Å². The number of aliphatic carboxylic acids is 1. The minimum absolute atomic E-state index is 0.119. The first-order valence-electron chi connectivity index (χ1n) is 38.3. The van der Waals surface area contributed by atoms with Crippen LogP contribution in [0.25, 0.3) is 11.1 Å². The molecule has 21 N–H and O–H groups in total. The van der Waals surface area contributed by atoms with Gasteiger partial charge in [0, 0.05) is 64.5 Å². The van der Waals surface area contributed by atoms with Crippen LogP contribution in [0.4, 0.5) is 19.0 Å². The number of carboxylic acid groups (broad SMARTS) is 1. The Kier molecular flexibility index (Phi) is 28.0. The zero-order chi connectivity index (χ0) is 90.0. The Morgan fingerprint density at radius 3 is 2.01 bits per heavy atom. The molecule has 0 aliphatic carbocycles. The molecule has 0 saturated carbocycles. The molecule has 1 aromatic heterocycles. The third-order valence-corrected chi connectivity index (χ3v) is 22.4. The van der Waals surface area contributed by atoms with E-state index in [1.807, 2.05) is 0 Å². The van der Waals surface area contributed by atoms with Crippen molar-refractivity contribution in [3.8, 4) is 57.1 Å². The number of fused-ring (bicyclic) bond motifs is 15. The quantitative estimate of drug-likeness (QED) is 0.0488. The number of aliphatic hydroxyl groups excluding tert-OH is 6. The first-order chi connectivity index (χ1) is 58.6. The number of anilines is 1. The summed E-state index contributed by atoms with van der Waals surface area (Å²) in [5.74, 6) is -17.9. The van der Waals surface area contributed by atoms with Gasteiger partial charge in [0.15, 0.2) is 29.9 Å². The molecule has 6 aromatic carbocycles. The van der Waals surface area contributed by atoms with Crippen molar-refractivity contribution in [2.24, 2.45) is 11.7 Å². The van der Waals surface area contributed by atoms with Crippen molar-refractivity contribution in [3.63, 3.8) is 0 Å². The molecule has 8 heterocycles. The number of halogens is 5. The van der Waals surface area contributed by atoms with Crippen molar-refractivity contribution in [1.29, 1.82) is 0 Å². The summed E-state index contributed by atoms with van der Waals surface area (Å²) in [6, 6.07) is 4.46. The summed E-state index contributed by atoms with van der Waals surface area (Å²) in [5, 5.41) is 138. The van der Waals surface area contributed by atoms with Gasteiger partial charge in [0.1, 0.15) is 95.3 Å². The minimum Gasteiger partial charge on any atom is -0.508 e. The average Bonchev–Trinajstić information content (AvgIpc) is 0.764. The number of aliphatic hydroxyl groups is 6. The fourth-order valence-electron chi connectivity index (χ4n) is 14.8. The number of carboxylic acids is 1. The van der Waals surface area contributed by atoms with Gasteiger partial charge in [0.05, 0.1) is 41.3 Å². The number of nitrogens with zero attached hydrogens (tertiary/aromatic N) is 2. The minimum atomic E-state index is -4.64. The maximum absolute atomic E-state index is 16.2. The first-order valence-corrected chi connectivity index (χ1v) is 39.8. The lowest BCUT2D eigenvalue weighted by atomic mass is 9.85. The molecule has 0 spiro atoms. The third kappa shape index (κ3) is 20.6. The highest BCUT2D eigenvalue weighted by atomic mass is 35.5. The van der Waals surface area contributed by atoms with Crippen molar-refractivity contribution in [3.05, 3.63) is 169 Å². The number of phenols is 3. The van der Waals surface area contributed by atoms with Crippen LogP contribution in [0.15, 0.2) is 125 Å². The molecule has 18 atom stereocenters. The van der Waals surface area contributed by atoms with Gasteiger partial charge in [-0.2, -0.15) is 18.2 Å². The van der Waals surface area contributed by atoms with Crippen LogP contribution in [0.5, 0.6) is 46.0 Å². The predicted octanol–water partition coefficient (Wildman–Crippen LogP) is 2.86. The molecule has 662 valence electrons. The number of likely N-dealkylation sites (N-methyl/N-ethyl adjacent to an activating group) is 1. The van der Waals surface area contributed by atoms with Crippen molar-refractivity contribution in [2.75, 3.05) is 25.5 Å². The van der Waals surface area contributed by atoms with Crippen molar-refractivity contribution >= 4 is 94.0 Å². The number of nitrogens with one attached hydrogen (secondary N) is 9. The number of alkyl halides is 3. The highest BCUT2D eigenvalue weighted by molar-refractivity contribution is 8.00. The van der Waals surface area contributed by atoms with Crippen LogP contribution in [0, 0.1) is 5.92 Å². The third-order valence-electron chi connectivity index (χ3n) is 21.1. The summed E-state index contributed by atoms with van der Waals surface area (Å²) in [6.45, 7) is 5.26. The van der Waals surface area contributed by atoms with E-state index in [1.165, 1.54) is 44.4 Å². The Morgan fingerprint density at radius 2 is 1.39 bits per heavy atom. The second-order valence-corrected chi connectivity index (χ2v) is 32.3. The molecule has 44 heteroatoms. The van der Waals surface area contributed by atoms with E-state index in [4.69, 9.17) is 57.4 Å². The monoisotopic (exact) mass is 1790 g/mol. The van der Waals surface area contributed by atoms with Crippen LogP contribution in [-0.2, 0) is 59.1 Å². The molecule has 8 amide bonds. The van der Waals surface area contributed by atoms with Gasteiger partial charge in [-0.3, -0.25) is 42.9 Å². The second-order valence-electron chi connectivity index (χ2n) is 30.4. The fourth-order valence-corrected chi connectivity index (χ4v) is 15.8. The van der Waals surface area contributed by atoms with E-state index in [0.717, 1.165) is 89.5 Å². The largest absolute Gasteiger partial charge is 0.508 e. The van der Waals surface area contributed by atoms with Crippen LogP contribution in [0.3, 0.4) is 0 Å². The predicted molar refractivity (Wildman–Crippen MR) is 428 cm³/mol. The summed E-state index contributed by atoms with van der Waals surface area (Å²) >= 11 is 13.8. The average molecular weight is 1790 g/mol. The van der Waals surface area contributed by atoms with Gasteiger partial charge in [-0.1, -0.05) is 61.3 Å². The summed E-state index contributed by atoms with van der Waals surface area (Å²) in [4.78, 5) is 148. The Balaban J connectivity index is 0.985. The molecule has 2 saturated heterocycles. The van der Waals surface area contributed by atoms with Gasteiger partial charge in [-0.25, -0.2) is 9.59 Å². The number of ether oxygens (including phenoxy) is 6. The van der Waals surface area contributed by atoms with E-state index >= 15 is 14.4 Å². The van der Waals surface area contributed by atoms with Gasteiger partial charge in [0.2, 0.25) is 53.4 Å². The van der Waals surface area contributed by atoms with Crippen LogP contribution >= 0.6 is 35.0 Å². The lowest BCUT2D eigenvalue weighted by molar-refractivity contribution is -0.334. The zero-order valence-electron chi connectivity index (χ0n) is 65.9. The normalized spacial score (nSPS) is 26.2. The smallest absolute Gasteiger partial charge is 0.446 e. The van der Waals surface area contributed by atoms with Gasteiger partial charge in [-0.05, 0) is 146 Å². The van der Waals surface area contributed by atoms with Gasteiger partial charge >= 0.3 is 17.2 Å². The topological polar surface area (TPSA) is 580 Å². The molecule has 14 rings (SSSR count). The molecular weight excluding hydrogens is 1700 g/mol. The summed E-state index contributed by atoms with van der Waals surface area (Å²) < 4.78 is 79.7. The number of aromatic hydroxyl groups is 3. The maximum Gasteiger partial charge on any atom is 0.446 e. The number of thioether (sulfide) groups is 1. The van der Waals surface area contributed by atoms with E-state index in [2.05, 4.69) is 52.8 Å². The van der Waals surface area contributed by atoms with E-state index in [-0.39, 0.29) is 59.3 Å². The van der Waals surface area contributed by atoms with E-state index in [1.54, 1.807) is 20.8 Å². The van der Waals surface area contributed by atoms with Crippen molar-refractivity contribution in [2.45, 2.75) is 173 Å². The number of nitrogens with two attached hydrogens (primary N) is 1. The van der Waals surface area contributed by atoms with Crippen molar-refractivity contribution in [1.82, 2.24) is 52.1 Å². The number of hydrogen-bond donors (Lipinski definition) is 20. The Hall–Kier alpha value is -11.5. The zero-order valence-corrected chi connectivity index (χ0v) is 68.2. The number of phenolic OH excluding ortho intramolecular Hbond substituents is 3.